The van der Waals surface area contributed by atoms with Crippen molar-refractivity contribution in [3.05, 3.63) is 0 Å². The van der Waals surface area contributed by atoms with E-state index < -0.39 is 0 Å². The van der Waals surface area contributed by atoms with Gasteiger partial charge in [-0.05, 0) is 43.9 Å². The first-order valence-corrected chi connectivity index (χ1v) is 8.29. The summed E-state index contributed by atoms with van der Waals surface area (Å²) in [6, 6.07) is -0.162. The monoisotopic (exact) mass is 278 g/mol. The van der Waals surface area contributed by atoms with Gasteiger partial charge in [0.25, 0.3) is 5.91 Å². The number of carbonyl (C=O) groups is 2. The molecule has 112 valence electrons. The molecular formula is C16H26N2O2. The van der Waals surface area contributed by atoms with Crippen LogP contribution in [-0.4, -0.2) is 40.9 Å². The van der Waals surface area contributed by atoms with E-state index in [4.69, 9.17) is 0 Å². The van der Waals surface area contributed by atoms with Crippen molar-refractivity contribution in [1.29, 1.82) is 0 Å². The molecule has 2 heterocycles. The first-order chi connectivity index (χ1) is 9.66. The van der Waals surface area contributed by atoms with Gasteiger partial charge in [-0.2, -0.15) is 0 Å². The van der Waals surface area contributed by atoms with E-state index in [1.54, 1.807) is 4.90 Å². The molecule has 3 amide bonds. The van der Waals surface area contributed by atoms with E-state index in [-0.39, 0.29) is 18.0 Å². The molecule has 3 aliphatic rings. The van der Waals surface area contributed by atoms with Crippen LogP contribution in [0.25, 0.3) is 0 Å². The van der Waals surface area contributed by atoms with Gasteiger partial charge in [0, 0.05) is 13.1 Å². The molecule has 0 aromatic heterocycles. The molecule has 0 unspecified atom stereocenters. The molecule has 2 aliphatic heterocycles. The summed E-state index contributed by atoms with van der Waals surface area (Å²) < 4.78 is 0. The predicted molar refractivity (Wildman–Crippen MR) is 77.2 cm³/mol. The Labute approximate surface area is 121 Å². The Balaban J connectivity index is 1.57. The molecule has 3 fully saturated rings. The molecule has 1 aliphatic carbocycles. The van der Waals surface area contributed by atoms with Crippen molar-refractivity contribution in [3.8, 4) is 0 Å². The number of urea groups is 1. The third-order valence-corrected chi connectivity index (χ3v) is 5.34. The fraction of sp³-hybridized carbons (Fsp3) is 0.875. The second kappa shape index (κ2) is 5.74. The SMILES string of the molecule is C[C@@H]1CCC[C@H](CCN2C(=O)[C@H]3CCCCN3C2=O)C1. The van der Waals surface area contributed by atoms with E-state index in [1.807, 2.05) is 0 Å². The Morgan fingerprint density at radius 1 is 1.10 bits per heavy atom. The molecule has 3 rings (SSSR count). The maximum Gasteiger partial charge on any atom is 0.327 e. The van der Waals surface area contributed by atoms with Gasteiger partial charge in [0.1, 0.15) is 6.04 Å². The standard InChI is InChI=1S/C16H26N2O2/c1-12-5-4-6-13(11-12)8-10-18-15(19)14-7-2-3-9-17(14)16(18)20/h12-14H,2-11H2,1H3/t12-,13-,14-/m1/s1. The van der Waals surface area contributed by atoms with Crippen molar-refractivity contribution in [1.82, 2.24) is 9.80 Å². The van der Waals surface area contributed by atoms with Crippen LogP contribution in [0.4, 0.5) is 4.79 Å². The maximum absolute atomic E-state index is 12.4. The fourth-order valence-corrected chi connectivity index (χ4v) is 4.19. The van der Waals surface area contributed by atoms with Gasteiger partial charge in [-0.15, -0.1) is 0 Å². The lowest BCUT2D eigenvalue weighted by Crippen LogP contribution is -2.39. The Bertz CT molecular complexity index is 372. The number of hydrogen-bond acceptors (Lipinski definition) is 2. The smallest absolute Gasteiger partial charge is 0.312 e. The topological polar surface area (TPSA) is 40.6 Å². The lowest BCUT2D eigenvalue weighted by molar-refractivity contribution is -0.129. The molecule has 4 nitrogen and oxygen atoms in total. The van der Waals surface area contributed by atoms with Crippen LogP contribution in [0.3, 0.4) is 0 Å². The van der Waals surface area contributed by atoms with Gasteiger partial charge in [-0.25, -0.2) is 4.79 Å². The van der Waals surface area contributed by atoms with Gasteiger partial charge in [-0.1, -0.05) is 26.2 Å². The molecule has 1 saturated carbocycles. The normalized spacial score (nSPS) is 34.5. The summed E-state index contributed by atoms with van der Waals surface area (Å²) >= 11 is 0. The molecule has 0 aromatic carbocycles. The molecule has 3 atom stereocenters. The number of hydrogen-bond donors (Lipinski definition) is 0. The van der Waals surface area contributed by atoms with E-state index in [2.05, 4.69) is 6.92 Å². The molecule has 20 heavy (non-hydrogen) atoms. The lowest BCUT2D eigenvalue weighted by atomic mass is 9.81. The molecule has 0 spiro atoms. The third kappa shape index (κ3) is 2.57. The molecule has 0 N–H and O–H groups in total. The minimum absolute atomic E-state index is 0.0245. The van der Waals surface area contributed by atoms with Gasteiger partial charge >= 0.3 is 6.03 Å². The summed E-state index contributed by atoms with van der Waals surface area (Å²) in [6.45, 7) is 3.73. The second-order valence-corrected chi connectivity index (χ2v) is 6.90. The Morgan fingerprint density at radius 3 is 2.70 bits per heavy atom. The number of piperidine rings is 1. The fourth-order valence-electron chi connectivity index (χ4n) is 4.19. The van der Waals surface area contributed by atoms with Crippen LogP contribution in [-0.2, 0) is 4.79 Å². The Morgan fingerprint density at radius 2 is 1.95 bits per heavy atom. The van der Waals surface area contributed by atoms with E-state index in [0.717, 1.165) is 38.1 Å². The molecule has 0 bridgehead atoms. The van der Waals surface area contributed by atoms with Crippen LogP contribution in [0.2, 0.25) is 0 Å². The van der Waals surface area contributed by atoms with Crippen molar-refractivity contribution < 1.29 is 9.59 Å². The third-order valence-electron chi connectivity index (χ3n) is 5.34. The quantitative estimate of drug-likeness (QED) is 0.745. The number of amides is 3. The number of carbonyl (C=O) groups excluding carboxylic acids is 2. The highest BCUT2D eigenvalue weighted by atomic mass is 16.2. The van der Waals surface area contributed by atoms with E-state index in [9.17, 15) is 9.59 Å². The van der Waals surface area contributed by atoms with Gasteiger partial charge in [0.15, 0.2) is 0 Å². The summed E-state index contributed by atoms with van der Waals surface area (Å²) in [4.78, 5) is 28.0. The number of rotatable bonds is 3. The van der Waals surface area contributed by atoms with Crippen LogP contribution in [0.15, 0.2) is 0 Å². The molecule has 2 saturated heterocycles. The van der Waals surface area contributed by atoms with E-state index in [1.165, 1.54) is 30.6 Å². The highest BCUT2D eigenvalue weighted by molar-refractivity contribution is 6.04. The van der Waals surface area contributed by atoms with Gasteiger partial charge in [0.2, 0.25) is 0 Å². The minimum atomic E-state index is -0.137. The van der Waals surface area contributed by atoms with Crippen LogP contribution >= 0.6 is 0 Å². The van der Waals surface area contributed by atoms with E-state index in [0.29, 0.717) is 12.5 Å². The maximum atomic E-state index is 12.4. The summed E-state index contributed by atoms with van der Waals surface area (Å²) in [7, 11) is 0. The zero-order valence-corrected chi connectivity index (χ0v) is 12.5. The lowest BCUT2D eigenvalue weighted by Gasteiger charge is -2.28. The van der Waals surface area contributed by atoms with Crippen LogP contribution in [0.1, 0.15) is 58.3 Å². The highest BCUT2D eigenvalue weighted by Crippen LogP contribution is 2.32. The van der Waals surface area contributed by atoms with Crippen molar-refractivity contribution in [3.63, 3.8) is 0 Å². The summed E-state index contributed by atoms with van der Waals surface area (Å²) in [5, 5.41) is 0. The van der Waals surface area contributed by atoms with Crippen LogP contribution in [0.5, 0.6) is 0 Å². The average molecular weight is 278 g/mol. The van der Waals surface area contributed by atoms with Crippen LogP contribution in [0, 0.1) is 11.8 Å². The summed E-state index contributed by atoms with van der Waals surface area (Å²) in [5.74, 6) is 1.58. The zero-order chi connectivity index (χ0) is 14.1. The first kappa shape index (κ1) is 13.9. The second-order valence-electron chi connectivity index (χ2n) is 6.90. The van der Waals surface area contributed by atoms with Gasteiger partial charge in [0.05, 0.1) is 0 Å². The highest BCUT2D eigenvalue weighted by Gasteiger charge is 2.45. The number of fused-ring (bicyclic) bond motifs is 1. The Kier molecular flexibility index (Phi) is 3.99. The van der Waals surface area contributed by atoms with Crippen LogP contribution < -0.4 is 0 Å². The van der Waals surface area contributed by atoms with Crippen molar-refractivity contribution in [2.75, 3.05) is 13.1 Å². The average Bonchev–Trinajstić information content (AvgIpc) is 2.70. The molecule has 0 aromatic rings. The van der Waals surface area contributed by atoms with Crippen molar-refractivity contribution >= 4 is 11.9 Å². The predicted octanol–water partition coefficient (Wildman–Crippen LogP) is 3.02. The molecule has 0 radical (unpaired) electrons. The summed E-state index contributed by atoms with van der Waals surface area (Å²) in [5.41, 5.74) is 0. The van der Waals surface area contributed by atoms with E-state index >= 15 is 0 Å². The molecule has 4 heteroatoms. The Hall–Kier alpha value is -1.06. The first-order valence-electron chi connectivity index (χ1n) is 8.29. The minimum Gasteiger partial charge on any atom is -0.312 e. The number of nitrogens with zero attached hydrogens (tertiary/aromatic N) is 2. The van der Waals surface area contributed by atoms with Gasteiger partial charge < -0.3 is 4.90 Å². The summed E-state index contributed by atoms with van der Waals surface area (Å²) in [6.07, 6.45) is 9.18. The zero-order valence-electron chi connectivity index (χ0n) is 12.5. The number of imide groups is 1. The molecular weight excluding hydrogens is 252 g/mol. The van der Waals surface area contributed by atoms with Crippen molar-refractivity contribution in [2.24, 2.45) is 11.8 Å². The van der Waals surface area contributed by atoms with Crippen molar-refractivity contribution in [2.45, 2.75) is 64.3 Å². The largest absolute Gasteiger partial charge is 0.327 e. The van der Waals surface area contributed by atoms with Gasteiger partial charge in [-0.3, -0.25) is 9.69 Å².